The van der Waals surface area contributed by atoms with Crippen LogP contribution in [0.4, 0.5) is 4.39 Å². The van der Waals surface area contributed by atoms with Crippen molar-refractivity contribution in [3.05, 3.63) is 29.6 Å². The first-order valence-electron chi connectivity index (χ1n) is 5.15. The van der Waals surface area contributed by atoms with Crippen LogP contribution in [0.25, 0.3) is 0 Å². The molecule has 0 aliphatic heterocycles. The molecule has 1 N–H and O–H groups in total. The van der Waals surface area contributed by atoms with E-state index < -0.39 is 15.8 Å². The molecule has 3 nitrogen and oxygen atoms in total. The van der Waals surface area contributed by atoms with Crippen LogP contribution < -0.4 is 4.72 Å². The summed E-state index contributed by atoms with van der Waals surface area (Å²) in [5, 5.41) is 0. The third-order valence-electron chi connectivity index (χ3n) is 2.40. The van der Waals surface area contributed by atoms with E-state index in [1.54, 1.807) is 13.8 Å². The van der Waals surface area contributed by atoms with Gasteiger partial charge in [0.05, 0.1) is 4.90 Å². The van der Waals surface area contributed by atoms with Crippen LogP contribution in [0.1, 0.15) is 25.8 Å². The Balaban J connectivity index is 3.08. The minimum absolute atomic E-state index is 0.130. The van der Waals surface area contributed by atoms with Gasteiger partial charge < -0.3 is 0 Å². The summed E-state index contributed by atoms with van der Waals surface area (Å²) in [6, 6.07) is 3.52. The third kappa shape index (κ3) is 3.02. The smallest absolute Gasteiger partial charge is 0.208 e. The van der Waals surface area contributed by atoms with Crippen LogP contribution in [0.15, 0.2) is 23.1 Å². The van der Waals surface area contributed by atoms with E-state index in [1.807, 2.05) is 6.92 Å². The van der Waals surface area contributed by atoms with Crippen LogP contribution in [0.2, 0.25) is 0 Å². The second-order valence-corrected chi connectivity index (χ2v) is 5.52. The maximum Gasteiger partial charge on any atom is 0.241 e. The van der Waals surface area contributed by atoms with Gasteiger partial charge in [0.2, 0.25) is 10.0 Å². The van der Waals surface area contributed by atoms with Crippen LogP contribution in [-0.4, -0.2) is 14.5 Å². The second-order valence-electron chi connectivity index (χ2n) is 3.84. The number of halogens is 1. The number of nitrogens with one attached hydrogen (secondary N) is 1. The van der Waals surface area contributed by atoms with Gasteiger partial charge in [0.15, 0.2) is 0 Å². The van der Waals surface area contributed by atoms with E-state index >= 15 is 0 Å². The molecule has 1 rings (SSSR count). The molecule has 1 unspecified atom stereocenters. The van der Waals surface area contributed by atoms with Crippen molar-refractivity contribution in [3.8, 4) is 0 Å². The van der Waals surface area contributed by atoms with Crippen LogP contribution in [0, 0.1) is 12.7 Å². The monoisotopic (exact) mass is 245 g/mol. The van der Waals surface area contributed by atoms with Gasteiger partial charge in [0.25, 0.3) is 0 Å². The number of hydrogen-bond acceptors (Lipinski definition) is 2. The zero-order valence-corrected chi connectivity index (χ0v) is 10.4. The van der Waals surface area contributed by atoms with Gasteiger partial charge in [0, 0.05) is 6.04 Å². The summed E-state index contributed by atoms with van der Waals surface area (Å²) in [4.78, 5) is 0.134. The number of sulfonamides is 1. The van der Waals surface area contributed by atoms with Crippen molar-refractivity contribution in [1.29, 1.82) is 0 Å². The summed E-state index contributed by atoms with van der Waals surface area (Å²) in [7, 11) is -3.54. The van der Waals surface area contributed by atoms with E-state index in [0.717, 1.165) is 6.07 Å². The zero-order valence-electron chi connectivity index (χ0n) is 9.62. The van der Waals surface area contributed by atoms with Crippen molar-refractivity contribution < 1.29 is 12.8 Å². The molecule has 0 aliphatic rings. The average Bonchev–Trinajstić information content (AvgIpc) is 2.16. The fraction of sp³-hybridized carbons (Fsp3) is 0.455. The van der Waals surface area contributed by atoms with Crippen molar-refractivity contribution in [2.45, 2.75) is 38.1 Å². The van der Waals surface area contributed by atoms with Gasteiger partial charge >= 0.3 is 0 Å². The van der Waals surface area contributed by atoms with Gasteiger partial charge in [0.1, 0.15) is 5.82 Å². The summed E-state index contributed by atoms with van der Waals surface area (Å²) in [6.45, 7) is 5.26. The molecule has 5 heteroatoms. The second kappa shape index (κ2) is 4.93. The molecule has 0 heterocycles. The molecule has 90 valence electrons. The van der Waals surface area contributed by atoms with Crippen molar-refractivity contribution >= 4 is 10.0 Å². The molecule has 0 aromatic heterocycles. The Labute approximate surface area is 95.7 Å². The molecule has 1 atom stereocenters. The normalized spacial score (nSPS) is 13.8. The fourth-order valence-electron chi connectivity index (χ4n) is 1.33. The van der Waals surface area contributed by atoms with Crippen molar-refractivity contribution in [2.75, 3.05) is 0 Å². The maximum absolute atomic E-state index is 12.8. The Morgan fingerprint density at radius 3 is 2.56 bits per heavy atom. The topological polar surface area (TPSA) is 46.2 Å². The van der Waals surface area contributed by atoms with Gasteiger partial charge in [-0.2, -0.15) is 0 Å². The van der Waals surface area contributed by atoms with Gasteiger partial charge in [-0.3, -0.25) is 0 Å². The van der Waals surface area contributed by atoms with Crippen LogP contribution in [0.3, 0.4) is 0 Å². The van der Waals surface area contributed by atoms with Gasteiger partial charge in [-0.05, 0) is 44.0 Å². The largest absolute Gasteiger partial charge is 0.241 e. The Bertz CT molecular complexity index is 471. The van der Waals surface area contributed by atoms with E-state index in [0.29, 0.717) is 12.0 Å². The highest BCUT2D eigenvalue weighted by Crippen LogP contribution is 2.16. The predicted octanol–water partition coefficient (Wildman–Crippen LogP) is 2.21. The molecule has 1 aromatic carbocycles. The van der Waals surface area contributed by atoms with Gasteiger partial charge in [-0.15, -0.1) is 0 Å². The maximum atomic E-state index is 12.8. The Kier molecular flexibility index (Phi) is 4.04. The Morgan fingerprint density at radius 1 is 1.44 bits per heavy atom. The first kappa shape index (κ1) is 13.1. The first-order chi connectivity index (χ1) is 7.36. The third-order valence-corrected chi connectivity index (χ3v) is 4.14. The lowest BCUT2D eigenvalue weighted by molar-refractivity contribution is 0.554. The first-order valence-corrected chi connectivity index (χ1v) is 6.63. The number of benzene rings is 1. The van der Waals surface area contributed by atoms with Gasteiger partial charge in [-0.25, -0.2) is 17.5 Å². The van der Waals surface area contributed by atoms with Crippen LogP contribution >= 0.6 is 0 Å². The lowest BCUT2D eigenvalue weighted by Gasteiger charge is -2.13. The summed E-state index contributed by atoms with van der Waals surface area (Å²) >= 11 is 0. The molecule has 16 heavy (non-hydrogen) atoms. The molecule has 1 aromatic rings. The van der Waals surface area contributed by atoms with Crippen LogP contribution in [-0.2, 0) is 10.0 Å². The minimum Gasteiger partial charge on any atom is -0.208 e. The molecule has 0 fully saturated rings. The number of aryl methyl sites for hydroxylation is 1. The Hall–Kier alpha value is -0.940. The molecular weight excluding hydrogens is 229 g/mol. The summed E-state index contributed by atoms with van der Waals surface area (Å²) < 4.78 is 39.2. The number of hydrogen-bond donors (Lipinski definition) is 1. The molecule has 0 saturated heterocycles. The summed E-state index contributed by atoms with van der Waals surface area (Å²) in [5.74, 6) is -0.431. The predicted molar refractivity (Wildman–Crippen MR) is 61.2 cm³/mol. The SMILES string of the molecule is CCC(C)NS(=O)(=O)c1ccc(F)cc1C. The molecule has 0 spiro atoms. The average molecular weight is 245 g/mol. The van der Waals surface area contributed by atoms with E-state index in [2.05, 4.69) is 4.72 Å². The molecule has 0 aliphatic carbocycles. The zero-order chi connectivity index (χ0) is 12.3. The quantitative estimate of drug-likeness (QED) is 0.884. The van der Waals surface area contributed by atoms with E-state index in [1.165, 1.54) is 12.1 Å². The van der Waals surface area contributed by atoms with Crippen molar-refractivity contribution in [1.82, 2.24) is 4.72 Å². The lowest BCUT2D eigenvalue weighted by Crippen LogP contribution is -2.32. The molecule has 0 bridgehead atoms. The fourth-order valence-corrected chi connectivity index (χ4v) is 2.88. The lowest BCUT2D eigenvalue weighted by atomic mass is 10.2. The van der Waals surface area contributed by atoms with E-state index in [-0.39, 0.29) is 10.9 Å². The molecular formula is C11H16FNO2S. The minimum atomic E-state index is -3.54. The highest BCUT2D eigenvalue weighted by atomic mass is 32.2. The standard InChI is InChI=1S/C11H16FNO2S/c1-4-9(3)13-16(14,15)11-6-5-10(12)7-8(11)2/h5-7,9,13H,4H2,1-3H3. The summed E-state index contributed by atoms with van der Waals surface area (Å²) in [6.07, 6.45) is 0.708. The van der Waals surface area contributed by atoms with Crippen LogP contribution in [0.5, 0.6) is 0 Å². The molecule has 0 saturated carbocycles. The van der Waals surface area contributed by atoms with Crippen molar-refractivity contribution in [2.24, 2.45) is 0 Å². The van der Waals surface area contributed by atoms with E-state index in [4.69, 9.17) is 0 Å². The Morgan fingerprint density at radius 2 is 2.06 bits per heavy atom. The highest BCUT2D eigenvalue weighted by Gasteiger charge is 2.18. The summed E-state index contributed by atoms with van der Waals surface area (Å²) in [5.41, 5.74) is 0.413. The molecule has 0 amide bonds. The highest BCUT2D eigenvalue weighted by molar-refractivity contribution is 7.89. The number of rotatable bonds is 4. The van der Waals surface area contributed by atoms with E-state index in [9.17, 15) is 12.8 Å². The molecule has 0 radical (unpaired) electrons. The van der Waals surface area contributed by atoms with Crippen molar-refractivity contribution in [3.63, 3.8) is 0 Å². The van der Waals surface area contributed by atoms with Gasteiger partial charge in [-0.1, -0.05) is 6.92 Å².